The first-order valence-corrected chi connectivity index (χ1v) is 11.1. The molecule has 0 saturated carbocycles. The Hall–Kier alpha value is -4.06. The van der Waals surface area contributed by atoms with Gasteiger partial charge < -0.3 is 20.0 Å². The molecule has 11 nitrogen and oxygen atoms in total. The van der Waals surface area contributed by atoms with E-state index in [9.17, 15) is 4.79 Å². The van der Waals surface area contributed by atoms with Crippen LogP contribution in [0.2, 0.25) is 0 Å². The Labute approximate surface area is 194 Å². The maximum absolute atomic E-state index is 15.1. The van der Waals surface area contributed by atoms with E-state index in [1.807, 2.05) is 29.3 Å². The maximum atomic E-state index is 15.1. The molecule has 0 spiro atoms. The normalized spacial score (nSPS) is 20.4. The molecule has 3 aromatic rings. The largest absolute Gasteiger partial charge is 0.442 e. The summed E-state index contributed by atoms with van der Waals surface area (Å²) in [4.78, 5) is 18.1. The standard InChI is InChI=1S/C22H23FN8O3/c23-18-11-16(31-14-17(33-22(31)32)13-30-6-5-24-27-30)2-4-21(18)29-9-7-28(8-10-29)15-1-3-19-20(12-15)26-34-25-19/h1-6,11-12,17,24,27H,7-10,13-14H2/t17-/m0/s1. The van der Waals surface area contributed by atoms with E-state index in [2.05, 4.69) is 26.2 Å². The van der Waals surface area contributed by atoms with Crippen LogP contribution in [0.5, 0.6) is 0 Å². The van der Waals surface area contributed by atoms with E-state index in [0.717, 1.165) is 24.3 Å². The minimum atomic E-state index is -0.471. The summed E-state index contributed by atoms with van der Waals surface area (Å²) >= 11 is 0. The van der Waals surface area contributed by atoms with Gasteiger partial charge in [0.25, 0.3) is 0 Å². The van der Waals surface area contributed by atoms with E-state index in [0.29, 0.717) is 43.1 Å². The lowest BCUT2D eigenvalue weighted by atomic mass is 10.2. The van der Waals surface area contributed by atoms with E-state index < -0.39 is 6.09 Å². The van der Waals surface area contributed by atoms with Gasteiger partial charge in [0.05, 0.1) is 24.5 Å². The van der Waals surface area contributed by atoms with Crippen LogP contribution in [0.1, 0.15) is 0 Å². The smallest absolute Gasteiger partial charge is 0.414 e. The molecule has 2 N–H and O–H groups in total. The summed E-state index contributed by atoms with van der Waals surface area (Å²) in [6, 6.07) is 10.7. The molecule has 4 heterocycles. The van der Waals surface area contributed by atoms with Crippen molar-refractivity contribution in [2.75, 3.05) is 54.0 Å². The molecule has 34 heavy (non-hydrogen) atoms. The van der Waals surface area contributed by atoms with Crippen molar-refractivity contribution in [1.82, 2.24) is 26.3 Å². The number of cyclic esters (lactones) is 1. The molecular formula is C22H23FN8O3. The van der Waals surface area contributed by atoms with Gasteiger partial charge in [-0.25, -0.2) is 13.8 Å². The van der Waals surface area contributed by atoms with Gasteiger partial charge in [-0.1, -0.05) is 0 Å². The summed E-state index contributed by atoms with van der Waals surface area (Å²) in [5.41, 5.74) is 9.24. The van der Waals surface area contributed by atoms with E-state index in [1.165, 1.54) is 11.0 Å². The molecule has 1 amide bonds. The zero-order valence-electron chi connectivity index (χ0n) is 18.2. The number of hydrogen-bond acceptors (Lipinski definition) is 10. The second kappa shape index (κ2) is 8.37. The van der Waals surface area contributed by atoms with Crippen molar-refractivity contribution in [3.8, 4) is 0 Å². The first-order valence-electron chi connectivity index (χ1n) is 11.1. The summed E-state index contributed by atoms with van der Waals surface area (Å²) in [7, 11) is 0. The van der Waals surface area contributed by atoms with Crippen LogP contribution in [0.4, 0.5) is 26.2 Å². The van der Waals surface area contributed by atoms with Gasteiger partial charge in [-0.2, -0.15) is 0 Å². The summed E-state index contributed by atoms with van der Waals surface area (Å²) in [5, 5.41) is 9.52. The highest BCUT2D eigenvalue weighted by atomic mass is 19.1. The molecule has 176 valence electrons. The first kappa shape index (κ1) is 20.5. The Morgan fingerprint density at radius 3 is 2.59 bits per heavy atom. The summed E-state index contributed by atoms with van der Waals surface area (Å²) in [5.74, 6) is -0.356. The molecular weight excluding hydrogens is 443 g/mol. The number of rotatable bonds is 5. The number of ether oxygens (including phenoxy) is 1. The number of nitrogens with zero attached hydrogens (tertiary/aromatic N) is 6. The average molecular weight is 466 g/mol. The molecule has 3 aliphatic heterocycles. The van der Waals surface area contributed by atoms with Gasteiger partial charge in [-0.05, 0) is 46.7 Å². The van der Waals surface area contributed by atoms with Crippen LogP contribution in [0, 0.1) is 5.82 Å². The van der Waals surface area contributed by atoms with Gasteiger partial charge in [0, 0.05) is 44.3 Å². The topological polar surface area (TPSA) is 102 Å². The van der Waals surface area contributed by atoms with Crippen LogP contribution in [0.15, 0.2) is 53.4 Å². The quantitative estimate of drug-likeness (QED) is 0.579. The average Bonchev–Trinajstić information content (AvgIpc) is 3.60. The fourth-order valence-electron chi connectivity index (χ4n) is 4.53. The third kappa shape index (κ3) is 3.81. The summed E-state index contributed by atoms with van der Waals surface area (Å²) < 4.78 is 25.3. The molecule has 0 aliphatic carbocycles. The highest BCUT2D eigenvalue weighted by molar-refractivity contribution is 5.90. The Kier molecular flexibility index (Phi) is 5.06. The highest BCUT2D eigenvalue weighted by Gasteiger charge is 2.34. The molecule has 0 unspecified atom stereocenters. The maximum Gasteiger partial charge on any atom is 0.414 e. The number of hydrazine groups is 2. The second-order valence-corrected chi connectivity index (χ2v) is 8.39. The minimum Gasteiger partial charge on any atom is -0.442 e. The molecule has 3 aliphatic rings. The van der Waals surface area contributed by atoms with Crippen LogP contribution in [0.25, 0.3) is 11.0 Å². The molecule has 0 radical (unpaired) electrons. The highest BCUT2D eigenvalue weighted by Crippen LogP contribution is 2.29. The fourth-order valence-corrected chi connectivity index (χ4v) is 4.53. The first-order chi connectivity index (χ1) is 16.6. The van der Waals surface area contributed by atoms with E-state index in [4.69, 9.17) is 9.37 Å². The van der Waals surface area contributed by atoms with Crippen molar-refractivity contribution in [1.29, 1.82) is 0 Å². The molecule has 1 aromatic heterocycles. The van der Waals surface area contributed by atoms with Crippen molar-refractivity contribution in [3.63, 3.8) is 0 Å². The predicted octanol–water partition coefficient (Wildman–Crippen LogP) is 1.81. The zero-order chi connectivity index (χ0) is 23.1. The van der Waals surface area contributed by atoms with Gasteiger partial charge in [0.15, 0.2) is 0 Å². The monoisotopic (exact) mass is 466 g/mol. The van der Waals surface area contributed by atoms with E-state index >= 15 is 4.39 Å². The van der Waals surface area contributed by atoms with Crippen molar-refractivity contribution in [2.24, 2.45) is 0 Å². The van der Waals surface area contributed by atoms with Gasteiger partial charge >= 0.3 is 6.09 Å². The second-order valence-electron chi connectivity index (χ2n) is 8.39. The number of anilines is 3. The lowest BCUT2D eigenvalue weighted by Gasteiger charge is -2.37. The molecule has 12 heteroatoms. The number of benzene rings is 2. The van der Waals surface area contributed by atoms with Crippen LogP contribution >= 0.6 is 0 Å². The zero-order valence-corrected chi connectivity index (χ0v) is 18.2. The number of fused-ring (bicyclic) bond motifs is 1. The van der Waals surface area contributed by atoms with Crippen molar-refractivity contribution >= 4 is 34.2 Å². The molecule has 6 rings (SSSR count). The fraction of sp³-hybridized carbons (Fsp3) is 0.318. The SMILES string of the molecule is O=C1O[C@@H](CN2C=CNN2)CN1c1ccc(N2CCN(c3ccc4nonc4c3)CC2)c(F)c1. The molecule has 1 atom stereocenters. The van der Waals surface area contributed by atoms with Crippen LogP contribution in [-0.2, 0) is 4.74 Å². The van der Waals surface area contributed by atoms with Crippen molar-refractivity contribution in [2.45, 2.75) is 6.10 Å². The lowest BCUT2D eigenvalue weighted by Crippen LogP contribution is -2.46. The number of carbonyl (C=O) groups is 1. The van der Waals surface area contributed by atoms with Gasteiger partial charge in [0.2, 0.25) is 0 Å². The lowest BCUT2D eigenvalue weighted by molar-refractivity contribution is 0.109. The third-order valence-electron chi connectivity index (χ3n) is 6.29. The summed E-state index contributed by atoms with van der Waals surface area (Å²) in [6.45, 7) is 3.66. The number of aromatic nitrogens is 2. The molecule has 0 bridgehead atoms. The Morgan fingerprint density at radius 1 is 1.00 bits per heavy atom. The van der Waals surface area contributed by atoms with E-state index in [1.54, 1.807) is 23.3 Å². The number of amides is 1. The van der Waals surface area contributed by atoms with Crippen molar-refractivity contribution in [3.05, 3.63) is 54.6 Å². The van der Waals surface area contributed by atoms with Gasteiger partial charge in [-0.15, -0.1) is 5.53 Å². The number of hydrogen-bond donors (Lipinski definition) is 2. The Morgan fingerprint density at radius 2 is 1.79 bits per heavy atom. The predicted molar refractivity (Wildman–Crippen MR) is 122 cm³/mol. The van der Waals surface area contributed by atoms with Crippen LogP contribution < -0.4 is 25.7 Å². The van der Waals surface area contributed by atoms with Gasteiger partial charge in [0.1, 0.15) is 23.0 Å². The van der Waals surface area contributed by atoms with Crippen molar-refractivity contribution < 1.29 is 18.6 Å². The number of piperazine rings is 1. The number of carbonyl (C=O) groups excluding carboxylic acids is 1. The van der Waals surface area contributed by atoms with Crippen LogP contribution in [-0.4, -0.2) is 66.8 Å². The Balaban J connectivity index is 1.10. The molecule has 2 aromatic carbocycles. The number of halogens is 1. The Bertz CT molecular complexity index is 1240. The van der Waals surface area contributed by atoms with Crippen LogP contribution in [0.3, 0.4) is 0 Å². The number of nitrogens with one attached hydrogen (secondary N) is 2. The van der Waals surface area contributed by atoms with Gasteiger partial charge in [-0.3, -0.25) is 9.91 Å². The third-order valence-corrected chi connectivity index (χ3v) is 6.29. The molecule has 2 saturated heterocycles. The minimum absolute atomic E-state index is 0.326. The molecule has 2 fully saturated rings. The summed E-state index contributed by atoms with van der Waals surface area (Å²) in [6.07, 6.45) is 2.76. The van der Waals surface area contributed by atoms with E-state index in [-0.39, 0.29) is 11.9 Å².